The first-order chi connectivity index (χ1) is 5.68. The number of aryl methyl sites for hydroxylation is 2. The summed E-state index contributed by atoms with van der Waals surface area (Å²) in [4.78, 5) is 0. The third-order valence-corrected chi connectivity index (χ3v) is 1.66. The summed E-state index contributed by atoms with van der Waals surface area (Å²) in [6, 6.07) is 0. The molecule has 0 aliphatic rings. The van der Waals surface area contributed by atoms with Crippen LogP contribution in [0.15, 0.2) is 18.7 Å². The molecule has 0 fully saturated rings. The highest BCUT2D eigenvalue weighted by atomic mass is 19.3. The SMILES string of the molecule is C[n+]1ccn(CCCC(F)F)c1. The Kier molecular flexibility index (Phi) is 3.19. The number of aromatic nitrogens is 2. The molecule has 0 saturated heterocycles. The molecule has 1 aromatic heterocycles. The lowest BCUT2D eigenvalue weighted by Crippen LogP contribution is -2.23. The minimum Gasteiger partial charge on any atom is -0.240 e. The molecule has 0 amide bonds. The zero-order valence-electron chi connectivity index (χ0n) is 7.08. The maximum absolute atomic E-state index is 11.7. The Hall–Kier alpha value is -0.930. The molecule has 1 heterocycles. The first-order valence-corrected chi connectivity index (χ1v) is 3.97. The third-order valence-electron chi connectivity index (χ3n) is 1.66. The molecule has 0 saturated carbocycles. The second-order valence-electron chi connectivity index (χ2n) is 2.85. The minimum absolute atomic E-state index is 0.0120. The van der Waals surface area contributed by atoms with Gasteiger partial charge in [-0.25, -0.2) is 17.9 Å². The highest BCUT2D eigenvalue weighted by Gasteiger charge is 2.04. The Morgan fingerprint density at radius 3 is 2.75 bits per heavy atom. The number of hydrogen-bond donors (Lipinski definition) is 0. The molecular weight excluding hydrogens is 162 g/mol. The van der Waals surface area contributed by atoms with Crippen molar-refractivity contribution < 1.29 is 13.3 Å². The smallest absolute Gasteiger partial charge is 0.240 e. The number of halogens is 2. The van der Waals surface area contributed by atoms with Gasteiger partial charge in [0.05, 0.1) is 13.6 Å². The van der Waals surface area contributed by atoms with Crippen LogP contribution in [-0.2, 0) is 13.6 Å². The van der Waals surface area contributed by atoms with Gasteiger partial charge in [-0.05, 0) is 6.42 Å². The van der Waals surface area contributed by atoms with Gasteiger partial charge in [0.15, 0.2) is 0 Å². The van der Waals surface area contributed by atoms with Crippen LogP contribution in [0.5, 0.6) is 0 Å². The molecule has 12 heavy (non-hydrogen) atoms. The van der Waals surface area contributed by atoms with Gasteiger partial charge < -0.3 is 0 Å². The van der Waals surface area contributed by atoms with Crippen LogP contribution in [0.25, 0.3) is 0 Å². The molecule has 0 spiro atoms. The molecule has 0 atom stereocenters. The van der Waals surface area contributed by atoms with Gasteiger partial charge in [0, 0.05) is 6.42 Å². The summed E-state index contributed by atoms with van der Waals surface area (Å²) in [6.07, 6.45) is 4.00. The Labute approximate surface area is 70.4 Å². The summed E-state index contributed by atoms with van der Waals surface area (Å²) >= 11 is 0. The standard InChI is InChI=1S/C8H13F2N2/c1-11-5-6-12(7-11)4-2-3-8(9)10/h5-8H,2-4H2,1H3/q+1. The first kappa shape index (κ1) is 9.16. The Morgan fingerprint density at radius 2 is 2.25 bits per heavy atom. The van der Waals surface area contributed by atoms with Crippen LogP contribution in [0.4, 0.5) is 8.78 Å². The largest absolute Gasteiger partial charge is 0.243 e. The van der Waals surface area contributed by atoms with Crippen LogP contribution in [0.3, 0.4) is 0 Å². The van der Waals surface area contributed by atoms with Crippen molar-refractivity contribution in [3.8, 4) is 0 Å². The molecule has 0 radical (unpaired) electrons. The summed E-state index contributed by atoms with van der Waals surface area (Å²) in [6.45, 7) is 0.672. The van der Waals surface area contributed by atoms with E-state index in [1.165, 1.54) is 0 Å². The lowest BCUT2D eigenvalue weighted by Gasteiger charge is -1.96. The van der Waals surface area contributed by atoms with E-state index in [9.17, 15) is 8.78 Å². The summed E-state index contributed by atoms with van der Waals surface area (Å²) in [5.74, 6) is 0. The number of imidazole rings is 1. The molecule has 1 aromatic rings. The fourth-order valence-electron chi connectivity index (χ4n) is 1.06. The van der Waals surface area contributed by atoms with Crippen LogP contribution in [0.1, 0.15) is 12.8 Å². The minimum atomic E-state index is -2.17. The number of alkyl halides is 2. The van der Waals surface area contributed by atoms with E-state index < -0.39 is 6.43 Å². The van der Waals surface area contributed by atoms with Gasteiger partial charge in [-0.1, -0.05) is 0 Å². The van der Waals surface area contributed by atoms with Gasteiger partial charge in [0.25, 0.3) is 0 Å². The van der Waals surface area contributed by atoms with E-state index in [2.05, 4.69) is 0 Å². The summed E-state index contributed by atoms with van der Waals surface area (Å²) in [5, 5.41) is 0. The average molecular weight is 175 g/mol. The fourth-order valence-corrected chi connectivity index (χ4v) is 1.06. The van der Waals surface area contributed by atoms with Gasteiger partial charge in [-0.2, -0.15) is 0 Å². The highest BCUT2D eigenvalue weighted by molar-refractivity contribution is 4.65. The molecule has 4 heteroatoms. The Balaban J connectivity index is 2.24. The van der Waals surface area contributed by atoms with Crippen LogP contribution >= 0.6 is 0 Å². The van der Waals surface area contributed by atoms with Gasteiger partial charge >= 0.3 is 0 Å². The monoisotopic (exact) mass is 175 g/mol. The molecule has 2 nitrogen and oxygen atoms in total. The van der Waals surface area contributed by atoms with Crippen molar-refractivity contribution in [2.45, 2.75) is 25.8 Å². The zero-order valence-corrected chi connectivity index (χ0v) is 7.08. The van der Waals surface area contributed by atoms with Crippen LogP contribution in [-0.4, -0.2) is 11.0 Å². The molecule has 0 bridgehead atoms. The van der Waals surface area contributed by atoms with Crippen LogP contribution < -0.4 is 4.57 Å². The molecule has 0 aliphatic carbocycles. The summed E-state index contributed by atoms with van der Waals surface area (Å²) < 4.78 is 27.3. The van der Waals surface area contributed by atoms with E-state index >= 15 is 0 Å². The van der Waals surface area contributed by atoms with Gasteiger partial charge in [0.1, 0.15) is 12.4 Å². The van der Waals surface area contributed by atoms with E-state index in [1.54, 1.807) is 0 Å². The quantitative estimate of drug-likeness (QED) is 0.611. The van der Waals surface area contributed by atoms with Crippen LogP contribution in [0.2, 0.25) is 0 Å². The highest BCUT2D eigenvalue weighted by Crippen LogP contribution is 2.03. The molecule has 0 N–H and O–H groups in total. The van der Waals surface area contributed by atoms with Crippen molar-refractivity contribution in [2.75, 3.05) is 0 Å². The number of nitrogens with zero attached hydrogens (tertiary/aromatic N) is 2. The average Bonchev–Trinajstić information content (AvgIpc) is 2.35. The van der Waals surface area contributed by atoms with Crippen molar-refractivity contribution in [2.24, 2.45) is 7.05 Å². The zero-order chi connectivity index (χ0) is 8.97. The molecule has 0 aliphatic heterocycles. The molecule has 1 rings (SSSR count). The molecule has 68 valence electrons. The predicted molar refractivity (Wildman–Crippen MR) is 40.8 cm³/mol. The van der Waals surface area contributed by atoms with E-state index in [0.29, 0.717) is 13.0 Å². The lowest BCUT2D eigenvalue weighted by atomic mass is 10.3. The van der Waals surface area contributed by atoms with Gasteiger partial charge in [0.2, 0.25) is 12.8 Å². The van der Waals surface area contributed by atoms with Crippen molar-refractivity contribution in [1.82, 2.24) is 4.57 Å². The van der Waals surface area contributed by atoms with Crippen molar-refractivity contribution in [1.29, 1.82) is 0 Å². The Morgan fingerprint density at radius 1 is 1.50 bits per heavy atom. The maximum atomic E-state index is 11.7. The lowest BCUT2D eigenvalue weighted by molar-refractivity contribution is -0.671. The van der Waals surface area contributed by atoms with E-state index in [0.717, 1.165) is 0 Å². The van der Waals surface area contributed by atoms with Crippen molar-refractivity contribution in [3.63, 3.8) is 0 Å². The second-order valence-corrected chi connectivity index (χ2v) is 2.85. The predicted octanol–water partition coefficient (Wildman–Crippen LogP) is 1.36. The van der Waals surface area contributed by atoms with E-state index in [4.69, 9.17) is 0 Å². The normalized spacial score (nSPS) is 11.0. The second kappa shape index (κ2) is 4.18. The summed E-state index contributed by atoms with van der Waals surface area (Å²) in [7, 11) is 1.91. The molecular formula is C8H13F2N2+. The third kappa shape index (κ3) is 2.98. The van der Waals surface area contributed by atoms with Gasteiger partial charge in [-0.15, -0.1) is 0 Å². The van der Waals surface area contributed by atoms with E-state index in [1.807, 2.05) is 34.9 Å². The van der Waals surface area contributed by atoms with Crippen molar-refractivity contribution in [3.05, 3.63) is 18.7 Å². The number of hydrogen-bond acceptors (Lipinski definition) is 0. The first-order valence-electron chi connectivity index (χ1n) is 3.97. The maximum Gasteiger partial charge on any atom is 0.243 e. The Bertz CT molecular complexity index is 233. The molecule has 0 aromatic carbocycles. The van der Waals surface area contributed by atoms with Gasteiger partial charge in [-0.3, -0.25) is 0 Å². The molecule has 0 unspecified atom stereocenters. The summed E-state index contributed by atoms with van der Waals surface area (Å²) in [5.41, 5.74) is 0. The number of rotatable bonds is 4. The fraction of sp³-hybridized carbons (Fsp3) is 0.625. The van der Waals surface area contributed by atoms with Crippen molar-refractivity contribution >= 4 is 0 Å². The topological polar surface area (TPSA) is 8.81 Å². The van der Waals surface area contributed by atoms with Crippen LogP contribution in [0, 0.1) is 0 Å². The van der Waals surface area contributed by atoms with E-state index in [-0.39, 0.29) is 6.42 Å².